The molecule has 0 aliphatic carbocycles. The van der Waals surface area contributed by atoms with Crippen LogP contribution in [-0.4, -0.2) is 16.0 Å². The van der Waals surface area contributed by atoms with Crippen LogP contribution in [0.3, 0.4) is 0 Å². The van der Waals surface area contributed by atoms with Crippen molar-refractivity contribution in [2.24, 2.45) is 5.73 Å². The molecule has 0 unspecified atom stereocenters. The van der Waals surface area contributed by atoms with Crippen molar-refractivity contribution in [1.29, 1.82) is 0 Å². The first-order valence-corrected chi connectivity index (χ1v) is 8.90. The van der Waals surface area contributed by atoms with E-state index in [9.17, 15) is 4.79 Å². The van der Waals surface area contributed by atoms with Gasteiger partial charge in [0.1, 0.15) is 11.5 Å². The topological polar surface area (TPSA) is 81.3 Å². The predicted octanol–water partition coefficient (Wildman–Crippen LogP) is 4.84. The Morgan fingerprint density at radius 3 is 2.23 bits per heavy atom. The number of nitrogens with two attached hydrogens (primary N) is 1. The van der Waals surface area contributed by atoms with E-state index in [2.05, 4.69) is 30.7 Å². The van der Waals surface area contributed by atoms with E-state index < -0.39 is 6.03 Å². The Morgan fingerprint density at radius 1 is 1.08 bits per heavy atom. The van der Waals surface area contributed by atoms with E-state index in [0.29, 0.717) is 22.3 Å². The molecular weight excluding hydrogens is 348 g/mol. The highest BCUT2D eigenvalue weighted by Gasteiger charge is 2.23. The van der Waals surface area contributed by atoms with Crippen LogP contribution in [0.5, 0.6) is 11.5 Å². The van der Waals surface area contributed by atoms with Gasteiger partial charge in [-0.05, 0) is 41.8 Å². The molecule has 0 saturated heterocycles. The lowest BCUT2D eigenvalue weighted by atomic mass is 9.96. The average molecular weight is 368 g/mol. The molecule has 7 heteroatoms. The molecule has 3 aromatic rings. The van der Waals surface area contributed by atoms with E-state index in [-0.39, 0.29) is 5.41 Å². The number of nitrogens with zero attached hydrogens (tertiary/aromatic N) is 3. The molecule has 2 N–H and O–H groups in total. The van der Waals surface area contributed by atoms with Crippen LogP contribution >= 0.6 is 11.3 Å². The number of rotatable bonds is 4. The normalized spacial score (nSPS) is 11.2. The number of amides is 2. The summed E-state index contributed by atoms with van der Waals surface area (Å²) < 4.78 is 5.74. The number of urea groups is 1. The first-order valence-electron chi connectivity index (χ1n) is 8.08. The van der Waals surface area contributed by atoms with Crippen molar-refractivity contribution in [1.82, 2.24) is 9.97 Å². The average Bonchev–Trinajstić information content (AvgIpc) is 3.07. The monoisotopic (exact) mass is 368 g/mol. The van der Waals surface area contributed by atoms with Gasteiger partial charge in [0.25, 0.3) is 0 Å². The number of carbonyl (C=O) groups is 1. The largest absolute Gasteiger partial charge is 0.457 e. The zero-order chi connectivity index (χ0) is 18.7. The molecule has 0 aliphatic rings. The van der Waals surface area contributed by atoms with Crippen LogP contribution in [-0.2, 0) is 5.41 Å². The molecule has 0 fully saturated rings. The lowest BCUT2D eigenvalue weighted by molar-refractivity contribution is 0.256. The van der Waals surface area contributed by atoms with Gasteiger partial charge in [0, 0.05) is 23.5 Å². The van der Waals surface area contributed by atoms with Gasteiger partial charge in [-0.2, -0.15) is 0 Å². The molecule has 2 amide bonds. The molecule has 0 bridgehead atoms. The molecule has 6 nitrogen and oxygen atoms in total. The molecule has 1 aromatic carbocycles. The Labute approximate surface area is 156 Å². The molecule has 3 rings (SSSR count). The maximum atomic E-state index is 12.0. The Morgan fingerprint density at radius 2 is 1.69 bits per heavy atom. The van der Waals surface area contributed by atoms with Crippen molar-refractivity contribution >= 4 is 28.2 Å². The van der Waals surface area contributed by atoms with Crippen LogP contribution in [0.1, 0.15) is 25.6 Å². The summed E-state index contributed by atoms with van der Waals surface area (Å²) in [5, 5.41) is 0.547. The van der Waals surface area contributed by atoms with Crippen molar-refractivity contribution in [3.05, 3.63) is 59.9 Å². The highest BCUT2D eigenvalue weighted by atomic mass is 32.1. The van der Waals surface area contributed by atoms with Gasteiger partial charge in [-0.25, -0.2) is 14.7 Å². The van der Waals surface area contributed by atoms with Gasteiger partial charge in [0.05, 0.1) is 5.69 Å². The van der Waals surface area contributed by atoms with Crippen LogP contribution in [0.4, 0.5) is 15.6 Å². The van der Waals surface area contributed by atoms with E-state index in [1.807, 2.05) is 0 Å². The van der Waals surface area contributed by atoms with Crippen molar-refractivity contribution in [2.75, 3.05) is 4.90 Å². The predicted molar refractivity (Wildman–Crippen MR) is 103 cm³/mol. The quantitative estimate of drug-likeness (QED) is 0.714. The van der Waals surface area contributed by atoms with Crippen molar-refractivity contribution < 1.29 is 9.53 Å². The zero-order valence-electron chi connectivity index (χ0n) is 14.8. The summed E-state index contributed by atoms with van der Waals surface area (Å²) in [6.07, 6.45) is 5.11. The maximum Gasteiger partial charge on any atom is 0.325 e. The number of benzene rings is 1. The van der Waals surface area contributed by atoms with E-state index in [0.717, 1.165) is 4.88 Å². The number of hydrogen-bond acceptors (Lipinski definition) is 5. The summed E-state index contributed by atoms with van der Waals surface area (Å²) in [6, 6.07) is 10.1. The summed E-state index contributed by atoms with van der Waals surface area (Å²) in [5.41, 5.74) is 6.19. The standard InChI is InChI=1S/C19H20N4O2S/c1-19(2,3)16-12-22-18(26-16)23(17(20)24)13-4-6-14(7-5-13)25-15-8-10-21-11-9-15/h4-12H,1-3H3,(H2,20,24). The number of ether oxygens (including phenoxy) is 1. The third kappa shape index (κ3) is 4.00. The van der Waals surface area contributed by atoms with Crippen molar-refractivity contribution in [3.8, 4) is 11.5 Å². The minimum absolute atomic E-state index is 0.0402. The number of thiazole rings is 1. The molecule has 2 aromatic heterocycles. The van der Waals surface area contributed by atoms with Gasteiger partial charge in [0.2, 0.25) is 0 Å². The molecule has 0 saturated carbocycles. The zero-order valence-corrected chi connectivity index (χ0v) is 15.7. The van der Waals surface area contributed by atoms with Crippen LogP contribution in [0.25, 0.3) is 0 Å². The summed E-state index contributed by atoms with van der Waals surface area (Å²) in [6.45, 7) is 6.30. The number of aromatic nitrogens is 2. The molecule has 0 atom stereocenters. The molecular formula is C19H20N4O2S. The summed E-state index contributed by atoms with van der Waals surface area (Å²) in [5.74, 6) is 1.34. The van der Waals surface area contributed by atoms with E-state index in [1.54, 1.807) is 55.0 Å². The Bertz CT molecular complexity index is 886. The lowest BCUT2D eigenvalue weighted by Gasteiger charge is -2.18. The van der Waals surface area contributed by atoms with Gasteiger partial charge in [-0.15, -0.1) is 11.3 Å². The number of carbonyl (C=O) groups excluding carboxylic acids is 1. The van der Waals surface area contributed by atoms with Crippen LogP contribution in [0.2, 0.25) is 0 Å². The second-order valence-corrected chi connectivity index (χ2v) is 7.72. The highest BCUT2D eigenvalue weighted by molar-refractivity contribution is 7.16. The lowest BCUT2D eigenvalue weighted by Crippen LogP contribution is -2.31. The molecule has 0 aliphatic heterocycles. The van der Waals surface area contributed by atoms with Crippen molar-refractivity contribution in [3.63, 3.8) is 0 Å². The Kier molecular flexibility index (Phi) is 4.90. The number of primary amides is 1. The summed E-state index contributed by atoms with van der Waals surface area (Å²) >= 11 is 1.45. The minimum Gasteiger partial charge on any atom is -0.457 e. The second kappa shape index (κ2) is 7.13. The molecule has 26 heavy (non-hydrogen) atoms. The van der Waals surface area contributed by atoms with E-state index in [4.69, 9.17) is 10.5 Å². The summed E-state index contributed by atoms with van der Waals surface area (Å²) in [4.78, 5) is 22.8. The van der Waals surface area contributed by atoms with E-state index in [1.165, 1.54) is 16.2 Å². The molecule has 0 radical (unpaired) electrons. The smallest absolute Gasteiger partial charge is 0.325 e. The first kappa shape index (κ1) is 17.9. The fourth-order valence-electron chi connectivity index (χ4n) is 2.25. The highest BCUT2D eigenvalue weighted by Crippen LogP contribution is 2.35. The van der Waals surface area contributed by atoms with Gasteiger partial charge in [-0.3, -0.25) is 4.98 Å². The summed E-state index contributed by atoms with van der Waals surface area (Å²) in [7, 11) is 0. The fraction of sp³-hybridized carbons (Fsp3) is 0.211. The van der Waals surface area contributed by atoms with Gasteiger partial charge in [0.15, 0.2) is 5.13 Å². The fourth-order valence-corrected chi connectivity index (χ4v) is 3.25. The van der Waals surface area contributed by atoms with Crippen molar-refractivity contribution in [2.45, 2.75) is 26.2 Å². The molecule has 134 valence electrons. The Balaban J connectivity index is 1.85. The van der Waals surface area contributed by atoms with Crippen LogP contribution in [0, 0.1) is 0 Å². The van der Waals surface area contributed by atoms with Gasteiger partial charge in [-0.1, -0.05) is 20.8 Å². The minimum atomic E-state index is -0.581. The maximum absolute atomic E-state index is 12.0. The first-order chi connectivity index (χ1) is 12.3. The number of pyridine rings is 1. The number of anilines is 2. The third-order valence-corrected chi connectivity index (χ3v) is 5.03. The SMILES string of the molecule is CC(C)(C)c1cnc(N(C(N)=O)c2ccc(Oc3ccncc3)cc2)s1. The second-order valence-electron chi connectivity index (χ2n) is 6.71. The van der Waals surface area contributed by atoms with Gasteiger partial charge >= 0.3 is 6.03 Å². The van der Waals surface area contributed by atoms with Gasteiger partial charge < -0.3 is 10.5 Å². The third-order valence-electron chi connectivity index (χ3n) is 3.62. The molecule has 2 heterocycles. The Hall–Kier alpha value is -2.93. The van der Waals surface area contributed by atoms with E-state index >= 15 is 0 Å². The number of hydrogen-bond donors (Lipinski definition) is 1. The van der Waals surface area contributed by atoms with Crippen LogP contribution < -0.4 is 15.4 Å². The van der Waals surface area contributed by atoms with Crippen LogP contribution in [0.15, 0.2) is 55.0 Å². The molecule has 0 spiro atoms.